The Morgan fingerprint density at radius 3 is 2.40 bits per heavy atom. The fourth-order valence-corrected chi connectivity index (χ4v) is 2.16. The van der Waals surface area contributed by atoms with Crippen LogP contribution < -0.4 is 0 Å². The molecule has 1 aliphatic rings. The van der Waals surface area contributed by atoms with Gasteiger partial charge in [0.25, 0.3) is 5.91 Å². The van der Waals surface area contributed by atoms with Crippen LogP contribution in [0, 0.1) is 0 Å². The van der Waals surface area contributed by atoms with Crippen LogP contribution in [0.15, 0.2) is 24.3 Å². The highest BCUT2D eigenvalue weighted by atomic mass is 16.3. The van der Waals surface area contributed by atoms with Crippen molar-refractivity contribution < 1.29 is 15.0 Å². The third kappa shape index (κ3) is 2.26. The predicted molar refractivity (Wildman–Crippen MR) is 67.5 cm³/mol. The molecule has 1 aliphatic heterocycles. The summed E-state index contributed by atoms with van der Waals surface area (Å²) in [5.41, 5.74) is 1.23. The number of aromatic nitrogens is 4. The first-order valence-corrected chi connectivity index (χ1v) is 6.14. The molecule has 0 saturated carbocycles. The standard InChI is InChI=1S/C12H13N5O3/c18-9-5-17(6-10(9)19)12(20)8-3-1-7(2-4-8)11-13-15-16-14-11/h1-4,9-10,18-19H,5-6H2,(H,13,14,15,16). The van der Waals surface area contributed by atoms with Crippen molar-refractivity contribution in [3.8, 4) is 11.4 Å². The zero-order valence-electron chi connectivity index (χ0n) is 10.5. The molecule has 2 atom stereocenters. The second-order valence-electron chi connectivity index (χ2n) is 4.66. The fourth-order valence-electron chi connectivity index (χ4n) is 2.16. The van der Waals surface area contributed by atoms with E-state index in [1.165, 1.54) is 4.90 Å². The number of tetrazole rings is 1. The van der Waals surface area contributed by atoms with Crippen LogP contribution in [0.5, 0.6) is 0 Å². The summed E-state index contributed by atoms with van der Waals surface area (Å²) in [6.45, 7) is 0.291. The minimum absolute atomic E-state index is 0.145. The van der Waals surface area contributed by atoms with Gasteiger partial charge in [-0.1, -0.05) is 12.1 Å². The lowest BCUT2D eigenvalue weighted by Gasteiger charge is -2.15. The van der Waals surface area contributed by atoms with E-state index >= 15 is 0 Å². The minimum Gasteiger partial charge on any atom is -0.388 e. The molecule has 1 amide bonds. The van der Waals surface area contributed by atoms with Crippen molar-refractivity contribution in [2.45, 2.75) is 12.2 Å². The van der Waals surface area contributed by atoms with Gasteiger partial charge in [-0.25, -0.2) is 0 Å². The Balaban J connectivity index is 1.76. The van der Waals surface area contributed by atoms with Gasteiger partial charge in [0, 0.05) is 24.2 Å². The van der Waals surface area contributed by atoms with E-state index in [1.807, 2.05) is 0 Å². The van der Waals surface area contributed by atoms with E-state index in [4.69, 9.17) is 0 Å². The number of rotatable bonds is 2. The SMILES string of the molecule is O=C(c1ccc(-c2nn[nH]n2)cc1)N1CC(O)C(O)C1. The number of aromatic amines is 1. The lowest BCUT2D eigenvalue weighted by molar-refractivity contribution is 0.0572. The zero-order chi connectivity index (χ0) is 14.1. The lowest BCUT2D eigenvalue weighted by atomic mass is 10.1. The van der Waals surface area contributed by atoms with Crippen LogP contribution in [0.4, 0.5) is 0 Å². The number of nitrogens with one attached hydrogen (secondary N) is 1. The molecule has 0 radical (unpaired) electrons. The number of likely N-dealkylation sites (tertiary alicyclic amines) is 1. The molecule has 2 unspecified atom stereocenters. The van der Waals surface area contributed by atoms with Gasteiger partial charge in [-0.2, -0.15) is 5.21 Å². The molecule has 0 spiro atoms. The third-order valence-corrected chi connectivity index (χ3v) is 3.28. The topological polar surface area (TPSA) is 115 Å². The third-order valence-electron chi connectivity index (χ3n) is 3.28. The van der Waals surface area contributed by atoms with Gasteiger partial charge in [-0.3, -0.25) is 4.79 Å². The number of aliphatic hydroxyl groups is 2. The van der Waals surface area contributed by atoms with E-state index in [2.05, 4.69) is 20.6 Å². The summed E-state index contributed by atoms with van der Waals surface area (Å²) in [6, 6.07) is 6.76. The maximum absolute atomic E-state index is 12.2. The molecule has 0 bridgehead atoms. The number of H-pyrrole nitrogens is 1. The van der Waals surface area contributed by atoms with Crippen LogP contribution in [-0.4, -0.2) is 66.9 Å². The number of hydrogen-bond donors (Lipinski definition) is 3. The number of β-amino-alcohol motifs (C(OH)–C–C–N with tert-alkyl or cyclic N) is 2. The molecule has 3 N–H and O–H groups in total. The maximum Gasteiger partial charge on any atom is 0.254 e. The van der Waals surface area contributed by atoms with Gasteiger partial charge >= 0.3 is 0 Å². The Kier molecular flexibility index (Phi) is 3.17. The number of benzene rings is 1. The first kappa shape index (κ1) is 12.7. The molecular weight excluding hydrogens is 262 g/mol. The Hall–Kier alpha value is -2.32. The van der Waals surface area contributed by atoms with Crippen LogP contribution in [0.1, 0.15) is 10.4 Å². The van der Waals surface area contributed by atoms with E-state index in [-0.39, 0.29) is 19.0 Å². The Labute approximate surface area is 114 Å². The average Bonchev–Trinajstić information content (AvgIpc) is 3.09. The monoisotopic (exact) mass is 275 g/mol. The molecule has 3 rings (SSSR count). The lowest BCUT2D eigenvalue weighted by Crippen LogP contribution is -2.29. The number of carbonyl (C=O) groups is 1. The molecule has 1 aromatic heterocycles. The summed E-state index contributed by atoms with van der Waals surface area (Å²) < 4.78 is 0. The summed E-state index contributed by atoms with van der Waals surface area (Å²) in [5, 5.41) is 32.5. The van der Waals surface area contributed by atoms with Crippen LogP contribution in [0.3, 0.4) is 0 Å². The van der Waals surface area contributed by atoms with Gasteiger partial charge in [0.05, 0.1) is 12.2 Å². The Morgan fingerprint density at radius 2 is 1.85 bits per heavy atom. The minimum atomic E-state index is -0.877. The van der Waals surface area contributed by atoms with Crippen LogP contribution in [0.2, 0.25) is 0 Å². The molecule has 20 heavy (non-hydrogen) atoms. The normalized spacial score (nSPS) is 22.2. The summed E-state index contributed by atoms with van der Waals surface area (Å²) in [4.78, 5) is 13.6. The largest absolute Gasteiger partial charge is 0.388 e. The first-order valence-electron chi connectivity index (χ1n) is 6.14. The van der Waals surface area contributed by atoms with Crippen LogP contribution >= 0.6 is 0 Å². The molecule has 1 saturated heterocycles. The van der Waals surface area contributed by atoms with Crippen molar-refractivity contribution in [2.24, 2.45) is 0 Å². The van der Waals surface area contributed by atoms with Crippen molar-refractivity contribution in [3.05, 3.63) is 29.8 Å². The second kappa shape index (κ2) is 4.99. The molecule has 104 valence electrons. The Morgan fingerprint density at radius 1 is 1.20 bits per heavy atom. The van der Waals surface area contributed by atoms with Crippen molar-refractivity contribution >= 4 is 5.91 Å². The summed E-state index contributed by atoms with van der Waals surface area (Å²) in [7, 11) is 0. The molecule has 2 aromatic rings. The summed E-state index contributed by atoms with van der Waals surface area (Å²) in [5.74, 6) is 0.233. The molecule has 2 heterocycles. The number of aliphatic hydroxyl groups excluding tert-OH is 2. The van der Waals surface area contributed by atoms with Gasteiger partial charge in [0.15, 0.2) is 0 Å². The van der Waals surface area contributed by atoms with Crippen molar-refractivity contribution in [3.63, 3.8) is 0 Å². The van der Waals surface area contributed by atoms with Gasteiger partial charge in [0.1, 0.15) is 0 Å². The molecule has 1 fully saturated rings. The van der Waals surface area contributed by atoms with E-state index in [1.54, 1.807) is 24.3 Å². The summed E-state index contributed by atoms with van der Waals surface area (Å²) >= 11 is 0. The number of hydrogen-bond acceptors (Lipinski definition) is 6. The van der Waals surface area contributed by atoms with E-state index in [0.29, 0.717) is 11.4 Å². The molecule has 0 aliphatic carbocycles. The average molecular weight is 275 g/mol. The van der Waals surface area contributed by atoms with Gasteiger partial charge in [-0.15, -0.1) is 10.2 Å². The maximum atomic E-state index is 12.2. The fraction of sp³-hybridized carbons (Fsp3) is 0.333. The summed E-state index contributed by atoms with van der Waals surface area (Å²) in [6.07, 6.45) is -1.75. The van der Waals surface area contributed by atoms with Crippen LogP contribution in [0.25, 0.3) is 11.4 Å². The number of nitrogens with zero attached hydrogens (tertiary/aromatic N) is 4. The highest BCUT2D eigenvalue weighted by molar-refractivity contribution is 5.94. The van der Waals surface area contributed by atoms with Crippen molar-refractivity contribution in [2.75, 3.05) is 13.1 Å². The van der Waals surface area contributed by atoms with Gasteiger partial charge in [0.2, 0.25) is 5.82 Å². The highest BCUT2D eigenvalue weighted by Crippen LogP contribution is 2.17. The number of carbonyl (C=O) groups excluding carboxylic acids is 1. The molecule has 8 heteroatoms. The Bertz CT molecular complexity index is 588. The van der Waals surface area contributed by atoms with E-state index in [9.17, 15) is 15.0 Å². The number of amides is 1. The first-order chi connectivity index (χ1) is 9.65. The zero-order valence-corrected chi connectivity index (χ0v) is 10.5. The van der Waals surface area contributed by atoms with E-state index < -0.39 is 12.2 Å². The quantitative estimate of drug-likeness (QED) is 0.650. The predicted octanol–water partition coefficient (Wildman–Crippen LogP) is -0.956. The molecule has 8 nitrogen and oxygen atoms in total. The molecular formula is C12H13N5O3. The molecule has 1 aromatic carbocycles. The highest BCUT2D eigenvalue weighted by Gasteiger charge is 2.32. The van der Waals surface area contributed by atoms with Gasteiger partial charge < -0.3 is 15.1 Å². The van der Waals surface area contributed by atoms with Crippen LogP contribution in [-0.2, 0) is 0 Å². The van der Waals surface area contributed by atoms with Crippen molar-refractivity contribution in [1.29, 1.82) is 0 Å². The second-order valence-corrected chi connectivity index (χ2v) is 4.66. The van der Waals surface area contributed by atoms with Gasteiger partial charge in [-0.05, 0) is 17.3 Å². The van der Waals surface area contributed by atoms with Crippen molar-refractivity contribution in [1.82, 2.24) is 25.5 Å². The smallest absolute Gasteiger partial charge is 0.254 e. The van der Waals surface area contributed by atoms with E-state index in [0.717, 1.165) is 5.56 Å².